The van der Waals surface area contributed by atoms with Crippen LogP contribution in [0.3, 0.4) is 0 Å². The van der Waals surface area contributed by atoms with E-state index in [4.69, 9.17) is 21.6 Å². The minimum Gasteiger partial charge on any atom is -0.481 e. The number of hydrogen-bond donors (Lipinski definition) is 1. The molecule has 0 bridgehead atoms. The monoisotopic (exact) mass is 465 g/mol. The Balaban J connectivity index is 1.66. The van der Waals surface area contributed by atoms with Crippen LogP contribution in [0.5, 0.6) is 5.75 Å². The van der Waals surface area contributed by atoms with Crippen molar-refractivity contribution in [2.45, 2.75) is 31.7 Å². The Morgan fingerprint density at radius 3 is 2.97 bits per heavy atom. The summed E-state index contributed by atoms with van der Waals surface area (Å²) in [6, 6.07) is 7.60. The van der Waals surface area contributed by atoms with Crippen molar-refractivity contribution >= 4 is 45.6 Å². The molecular formula is C19H17ClFN5O2S2. The Hall–Kier alpha value is -2.61. The molecule has 0 aliphatic carbocycles. The summed E-state index contributed by atoms with van der Waals surface area (Å²) in [6.45, 7) is 4.29. The summed E-state index contributed by atoms with van der Waals surface area (Å²) in [4.78, 5) is 12.2. The van der Waals surface area contributed by atoms with E-state index in [0.29, 0.717) is 33.8 Å². The molecule has 0 saturated heterocycles. The van der Waals surface area contributed by atoms with Crippen LogP contribution >= 0.6 is 34.7 Å². The van der Waals surface area contributed by atoms with Crippen LogP contribution in [-0.4, -0.2) is 26.4 Å². The number of nitrogens with zero attached hydrogens (tertiary/aromatic N) is 4. The van der Waals surface area contributed by atoms with Gasteiger partial charge in [-0.3, -0.25) is 4.79 Å². The van der Waals surface area contributed by atoms with Crippen molar-refractivity contribution in [3.8, 4) is 11.8 Å². The number of ether oxygens (including phenoxy) is 1. The fraction of sp³-hybridized carbons (Fsp3) is 0.263. The standard InChI is InChI=1S/C19H17ClFN5O2S2/c1-3-26-17(11(2)28-15-5-4-13(21)8-14(15)20)24-25-19(26)30-10-16(27)23-18-12(9-22)6-7-29-18/h4-8,11H,3,10H2,1-2H3,(H,23,27). The predicted octanol–water partition coefficient (Wildman–Crippen LogP) is 4.89. The van der Waals surface area contributed by atoms with Gasteiger partial charge in [0.25, 0.3) is 0 Å². The number of carbonyl (C=O) groups excluding carboxylic acids is 1. The third kappa shape index (κ3) is 5.11. The Labute approximate surface area is 185 Å². The second-order valence-corrected chi connectivity index (χ2v) is 8.30. The number of benzene rings is 1. The van der Waals surface area contributed by atoms with Gasteiger partial charge in [0.1, 0.15) is 22.6 Å². The van der Waals surface area contributed by atoms with E-state index in [1.807, 2.05) is 17.6 Å². The third-order valence-corrected chi connectivity index (χ3v) is 6.09. The average Bonchev–Trinajstić information content (AvgIpc) is 3.34. The van der Waals surface area contributed by atoms with Gasteiger partial charge in [-0.15, -0.1) is 21.5 Å². The predicted molar refractivity (Wildman–Crippen MR) is 115 cm³/mol. The van der Waals surface area contributed by atoms with Crippen LogP contribution in [0.1, 0.15) is 31.3 Å². The Morgan fingerprint density at radius 1 is 1.47 bits per heavy atom. The SMILES string of the molecule is CCn1c(SCC(=O)Nc2sccc2C#N)nnc1C(C)Oc1ccc(F)cc1Cl. The fourth-order valence-corrected chi connectivity index (χ4v) is 4.38. The number of thiophene rings is 1. The van der Waals surface area contributed by atoms with Gasteiger partial charge < -0.3 is 14.6 Å². The van der Waals surface area contributed by atoms with Crippen LogP contribution in [0, 0.1) is 17.1 Å². The molecule has 1 N–H and O–H groups in total. The fourth-order valence-electron chi connectivity index (χ4n) is 2.61. The van der Waals surface area contributed by atoms with E-state index in [1.165, 1.54) is 41.3 Å². The van der Waals surface area contributed by atoms with E-state index in [1.54, 1.807) is 18.4 Å². The normalized spacial score (nSPS) is 11.7. The number of anilines is 1. The van der Waals surface area contributed by atoms with Crippen LogP contribution in [0.2, 0.25) is 5.02 Å². The van der Waals surface area contributed by atoms with Gasteiger partial charge in [0.2, 0.25) is 5.91 Å². The Bertz CT molecular complexity index is 1100. The molecule has 3 rings (SSSR count). The summed E-state index contributed by atoms with van der Waals surface area (Å²) in [5, 5.41) is 23.1. The van der Waals surface area contributed by atoms with E-state index < -0.39 is 11.9 Å². The van der Waals surface area contributed by atoms with Gasteiger partial charge >= 0.3 is 0 Å². The molecule has 0 spiro atoms. The maximum Gasteiger partial charge on any atom is 0.235 e. The lowest BCUT2D eigenvalue weighted by Gasteiger charge is -2.16. The Morgan fingerprint density at radius 2 is 2.27 bits per heavy atom. The molecule has 156 valence electrons. The molecular weight excluding hydrogens is 449 g/mol. The summed E-state index contributed by atoms with van der Waals surface area (Å²) in [6.07, 6.45) is -0.493. The first-order chi connectivity index (χ1) is 14.4. The molecule has 2 heterocycles. The van der Waals surface area contributed by atoms with Crippen LogP contribution in [0.15, 0.2) is 34.8 Å². The van der Waals surface area contributed by atoms with E-state index in [0.717, 1.165) is 0 Å². The van der Waals surface area contributed by atoms with Crippen LogP contribution in [-0.2, 0) is 11.3 Å². The number of carbonyl (C=O) groups is 1. The van der Waals surface area contributed by atoms with E-state index in [9.17, 15) is 9.18 Å². The van der Waals surface area contributed by atoms with E-state index in [2.05, 4.69) is 15.5 Å². The summed E-state index contributed by atoms with van der Waals surface area (Å²) >= 11 is 8.56. The quantitative estimate of drug-likeness (QED) is 0.476. The van der Waals surface area contributed by atoms with E-state index in [-0.39, 0.29) is 16.7 Å². The second-order valence-electron chi connectivity index (χ2n) is 6.03. The highest BCUT2D eigenvalue weighted by molar-refractivity contribution is 7.99. The largest absolute Gasteiger partial charge is 0.481 e. The van der Waals surface area contributed by atoms with Crippen LogP contribution < -0.4 is 10.1 Å². The van der Waals surface area contributed by atoms with Crippen LogP contribution in [0.4, 0.5) is 9.39 Å². The molecule has 0 aliphatic rings. The number of thioether (sulfide) groups is 1. The molecule has 1 amide bonds. The van der Waals surface area contributed by atoms with Crippen molar-refractivity contribution in [1.29, 1.82) is 5.26 Å². The lowest BCUT2D eigenvalue weighted by Crippen LogP contribution is -2.15. The maximum absolute atomic E-state index is 13.2. The van der Waals surface area contributed by atoms with Gasteiger partial charge in [0.05, 0.1) is 16.3 Å². The van der Waals surface area contributed by atoms with Crippen molar-refractivity contribution in [3.63, 3.8) is 0 Å². The number of nitriles is 1. The van der Waals surface area contributed by atoms with Gasteiger partial charge in [0, 0.05) is 6.54 Å². The molecule has 1 atom stereocenters. The smallest absolute Gasteiger partial charge is 0.235 e. The van der Waals surface area contributed by atoms with Gasteiger partial charge in [-0.05, 0) is 43.5 Å². The van der Waals surface area contributed by atoms with Gasteiger partial charge in [-0.25, -0.2) is 4.39 Å². The number of rotatable bonds is 8. The second kappa shape index (κ2) is 9.93. The molecule has 2 aromatic heterocycles. The molecule has 7 nitrogen and oxygen atoms in total. The summed E-state index contributed by atoms with van der Waals surface area (Å²) in [5.41, 5.74) is 0.433. The first-order valence-electron chi connectivity index (χ1n) is 8.88. The summed E-state index contributed by atoms with van der Waals surface area (Å²) in [5.74, 6) is 0.325. The van der Waals surface area contributed by atoms with Gasteiger partial charge in [-0.2, -0.15) is 5.26 Å². The minimum atomic E-state index is -0.493. The zero-order valence-corrected chi connectivity index (χ0v) is 18.4. The molecule has 0 saturated carbocycles. The highest BCUT2D eigenvalue weighted by Crippen LogP contribution is 2.30. The maximum atomic E-state index is 13.2. The number of amides is 1. The first kappa shape index (κ1) is 22.1. The number of halogens is 2. The molecule has 0 fully saturated rings. The number of nitrogens with one attached hydrogen (secondary N) is 1. The molecule has 1 unspecified atom stereocenters. The lowest BCUT2D eigenvalue weighted by molar-refractivity contribution is -0.113. The lowest BCUT2D eigenvalue weighted by atomic mass is 10.3. The van der Waals surface area contributed by atoms with Crippen molar-refractivity contribution in [1.82, 2.24) is 14.8 Å². The number of aromatic nitrogens is 3. The average molecular weight is 466 g/mol. The molecule has 3 aromatic rings. The summed E-state index contributed by atoms with van der Waals surface area (Å²) < 4.78 is 20.9. The van der Waals surface area contributed by atoms with Crippen molar-refractivity contribution in [2.24, 2.45) is 0 Å². The highest BCUT2D eigenvalue weighted by Gasteiger charge is 2.20. The minimum absolute atomic E-state index is 0.111. The first-order valence-corrected chi connectivity index (χ1v) is 11.1. The molecule has 1 aromatic carbocycles. The zero-order valence-electron chi connectivity index (χ0n) is 16.1. The Kier molecular flexibility index (Phi) is 7.31. The van der Waals surface area contributed by atoms with Crippen molar-refractivity contribution in [3.05, 3.63) is 51.9 Å². The molecule has 11 heteroatoms. The third-order valence-electron chi connectivity index (χ3n) is 3.99. The number of hydrogen-bond acceptors (Lipinski definition) is 7. The molecule has 30 heavy (non-hydrogen) atoms. The van der Waals surface area contributed by atoms with E-state index >= 15 is 0 Å². The summed E-state index contributed by atoms with van der Waals surface area (Å²) in [7, 11) is 0. The van der Waals surface area contributed by atoms with Crippen LogP contribution in [0.25, 0.3) is 0 Å². The topological polar surface area (TPSA) is 92.8 Å². The van der Waals surface area contributed by atoms with Crippen molar-refractivity contribution in [2.75, 3.05) is 11.1 Å². The molecule has 0 aliphatic heterocycles. The molecule has 0 radical (unpaired) electrons. The van der Waals surface area contributed by atoms with Gasteiger partial charge in [-0.1, -0.05) is 23.4 Å². The van der Waals surface area contributed by atoms with Crippen molar-refractivity contribution < 1.29 is 13.9 Å². The highest BCUT2D eigenvalue weighted by atomic mass is 35.5. The zero-order chi connectivity index (χ0) is 21.7. The van der Waals surface area contributed by atoms with Gasteiger partial charge in [0.15, 0.2) is 17.1 Å².